The summed E-state index contributed by atoms with van der Waals surface area (Å²) in [5, 5.41) is 13.9. The first kappa shape index (κ1) is 21.3. The SMILES string of the molecule is CCc1ccc(OCC(=O)N/N=C\c2c(O)n(CCOC)c(=S)[nH]c2=O)cc1. The second-order valence-electron chi connectivity index (χ2n) is 5.72. The lowest BCUT2D eigenvalue weighted by molar-refractivity contribution is -0.123. The fraction of sp³-hybridized carbons (Fsp3) is 0.333. The standard InChI is InChI=1S/C18H22N4O5S/c1-3-12-4-6-13(7-5-12)27-11-15(23)21-19-10-14-16(24)20-18(28)22(17(14)25)8-9-26-2/h4-7,10,25H,3,8-9,11H2,1-2H3,(H,21,23)(H,20,24,28)/b19-10-. The second-order valence-corrected chi connectivity index (χ2v) is 6.11. The number of aryl methyl sites for hydroxylation is 1. The van der Waals surface area contributed by atoms with Gasteiger partial charge in [-0.15, -0.1) is 0 Å². The first-order chi connectivity index (χ1) is 13.5. The third-order valence-corrected chi connectivity index (χ3v) is 4.13. The fourth-order valence-electron chi connectivity index (χ4n) is 2.25. The number of hydrazone groups is 1. The van der Waals surface area contributed by atoms with Gasteiger partial charge in [-0.1, -0.05) is 19.1 Å². The molecule has 10 heteroatoms. The van der Waals surface area contributed by atoms with Gasteiger partial charge in [0.25, 0.3) is 11.5 Å². The van der Waals surface area contributed by atoms with Crippen molar-refractivity contribution in [1.82, 2.24) is 15.0 Å². The number of aromatic amines is 1. The van der Waals surface area contributed by atoms with Crippen LogP contribution in [0.15, 0.2) is 34.2 Å². The monoisotopic (exact) mass is 406 g/mol. The van der Waals surface area contributed by atoms with Crippen LogP contribution in [-0.2, 0) is 22.5 Å². The number of nitrogens with one attached hydrogen (secondary N) is 2. The first-order valence-corrected chi connectivity index (χ1v) is 8.95. The van der Waals surface area contributed by atoms with Crippen LogP contribution in [0.1, 0.15) is 18.1 Å². The second kappa shape index (κ2) is 10.4. The highest BCUT2D eigenvalue weighted by atomic mass is 32.1. The van der Waals surface area contributed by atoms with Gasteiger partial charge in [0, 0.05) is 7.11 Å². The first-order valence-electron chi connectivity index (χ1n) is 8.55. The molecule has 0 radical (unpaired) electrons. The van der Waals surface area contributed by atoms with E-state index in [1.165, 1.54) is 17.2 Å². The Morgan fingerprint density at radius 2 is 2.11 bits per heavy atom. The summed E-state index contributed by atoms with van der Waals surface area (Å²) >= 11 is 5.01. The molecule has 0 unspecified atom stereocenters. The summed E-state index contributed by atoms with van der Waals surface area (Å²) < 4.78 is 11.7. The van der Waals surface area contributed by atoms with Crippen LogP contribution in [-0.4, -0.2) is 47.1 Å². The number of nitrogens with zero attached hydrogens (tertiary/aromatic N) is 2. The van der Waals surface area contributed by atoms with Crippen molar-refractivity contribution in [3.63, 3.8) is 0 Å². The van der Waals surface area contributed by atoms with Crippen LogP contribution >= 0.6 is 12.2 Å². The van der Waals surface area contributed by atoms with Gasteiger partial charge in [0.05, 0.1) is 19.4 Å². The zero-order valence-corrected chi connectivity index (χ0v) is 16.4. The molecule has 0 bridgehead atoms. The maximum absolute atomic E-state index is 12.0. The number of hydrogen-bond donors (Lipinski definition) is 3. The molecule has 0 fully saturated rings. The van der Waals surface area contributed by atoms with E-state index in [4.69, 9.17) is 21.7 Å². The smallest absolute Gasteiger partial charge is 0.277 e. The van der Waals surface area contributed by atoms with Crippen LogP contribution in [0.2, 0.25) is 0 Å². The zero-order chi connectivity index (χ0) is 20.5. The molecule has 9 nitrogen and oxygen atoms in total. The van der Waals surface area contributed by atoms with Crippen LogP contribution in [0.5, 0.6) is 11.6 Å². The molecular weight excluding hydrogens is 384 g/mol. The number of methoxy groups -OCH3 is 1. The largest absolute Gasteiger partial charge is 0.494 e. The molecule has 2 aromatic rings. The summed E-state index contributed by atoms with van der Waals surface area (Å²) in [6, 6.07) is 7.40. The lowest BCUT2D eigenvalue weighted by Crippen LogP contribution is -2.25. The Balaban J connectivity index is 1.98. The molecule has 0 spiro atoms. The van der Waals surface area contributed by atoms with E-state index in [0.717, 1.165) is 12.6 Å². The number of rotatable bonds is 9. The van der Waals surface area contributed by atoms with Crippen LogP contribution in [0.3, 0.4) is 0 Å². The third-order valence-electron chi connectivity index (χ3n) is 3.81. The number of benzene rings is 1. The average molecular weight is 406 g/mol. The van der Waals surface area contributed by atoms with Crippen LogP contribution in [0, 0.1) is 4.77 Å². The number of aromatic nitrogens is 2. The summed E-state index contributed by atoms with van der Waals surface area (Å²) in [7, 11) is 1.50. The fourth-order valence-corrected chi connectivity index (χ4v) is 2.52. The summed E-state index contributed by atoms with van der Waals surface area (Å²) in [5.41, 5.74) is 2.64. The summed E-state index contributed by atoms with van der Waals surface area (Å²) in [6.45, 7) is 2.34. The highest BCUT2D eigenvalue weighted by molar-refractivity contribution is 7.71. The number of H-pyrrole nitrogens is 1. The van der Waals surface area contributed by atoms with E-state index in [1.54, 1.807) is 12.1 Å². The summed E-state index contributed by atoms with van der Waals surface area (Å²) in [6.07, 6.45) is 1.96. The van der Waals surface area contributed by atoms with E-state index in [1.807, 2.05) is 19.1 Å². The molecule has 3 N–H and O–H groups in total. The van der Waals surface area contributed by atoms with Crippen LogP contribution < -0.4 is 15.7 Å². The highest BCUT2D eigenvalue weighted by Gasteiger charge is 2.11. The molecule has 28 heavy (non-hydrogen) atoms. The van der Waals surface area contributed by atoms with Crippen molar-refractivity contribution in [3.8, 4) is 11.6 Å². The third kappa shape index (κ3) is 5.76. The minimum Gasteiger partial charge on any atom is -0.494 e. The molecule has 0 aliphatic rings. The van der Waals surface area contributed by atoms with Crippen molar-refractivity contribution >= 4 is 24.3 Å². The molecule has 1 amide bonds. The van der Waals surface area contributed by atoms with Crippen molar-refractivity contribution in [1.29, 1.82) is 0 Å². The molecule has 0 saturated heterocycles. The Kier molecular flexibility index (Phi) is 7.90. The Hall–Kier alpha value is -2.98. The predicted molar refractivity (Wildman–Crippen MR) is 106 cm³/mol. The van der Waals surface area contributed by atoms with Gasteiger partial charge >= 0.3 is 0 Å². The van der Waals surface area contributed by atoms with Gasteiger partial charge < -0.3 is 14.6 Å². The normalized spacial score (nSPS) is 10.9. The lowest BCUT2D eigenvalue weighted by Gasteiger charge is -2.10. The number of hydrogen-bond acceptors (Lipinski definition) is 7. The van der Waals surface area contributed by atoms with Gasteiger partial charge in [0.1, 0.15) is 11.3 Å². The van der Waals surface area contributed by atoms with Gasteiger partial charge in [-0.3, -0.25) is 19.1 Å². The highest BCUT2D eigenvalue weighted by Crippen LogP contribution is 2.12. The Bertz CT molecular complexity index is 950. The van der Waals surface area contributed by atoms with Crippen molar-refractivity contribution in [2.75, 3.05) is 20.3 Å². The molecule has 0 aliphatic heterocycles. The van der Waals surface area contributed by atoms with E-state index >= 15 is 0 Å². The number of amides is 1. The van der Waals surface area contributed by atoms with Gasteiger partial charge in [0.2, 0.25) is 5.88 Å². The molecule has 150 valence electrons. The molecule has 1 heterocycles. The predicted octanol–water partition coefficient (Wildman–Crippen LogP) is 1.35. The topological polar surface area (TPSA) is 118 Å². The minimum absolute atomic E-state index is 0.0585. The van der Waals surface area contributed by atoms with E-state index in [2.05, 4.69) is 15.5 Å². The number of carbonyl (C=O) groups excluding carboxylic acids is 1. The maximum Gasteiger partial charge on any atom is 0.277 e. The molecule has 0 saturated carbocycles. The Labute approximate surface area is 166 Å². The summed E-state index contributed by atoms with van der Waals surface area (Å²) in [5.74, 6) is -0.319. The van der Waals surface area contributed by atoms with E-state index < -0.39 is 11.5 Å². The quantitative estimate of drug-likeness (QED) is 0.329. The molecule has 0 aliphatic carbocycles. The molecule has 2 rings (SSSR count). The lowest BCUT2D eigenvalue weighted by atomic mass is 10.2. The van der Waals surface area contributed by atoms with Gasteiger partial charge in [-0.05, 0) is 36.3 Å². The van der Waals surface area contributed by atoms with E-state index in [0.29, 0.717) is 5.75 Å². The maximum atomic E-state index is 12.0. The molecule has 0 atom stereocenters. The molecule has 1 aromatic heterocycles. The van der Waals surface area contributed by atoms with Crippen molar-refractivity contribution in [3.05, 3.63) is 50.5 Å². The Morgan fingerprint density at radius 3 is 2.75 bits per heavy atom. The Morgan fingerprint density at radius 1 is 1.39 bits per heavy atom. The van der Waals surface area contributed by atoms with Crippen LogP contribution in [0.25, 0.3) is 0 Å². The van der Waals surface area contributed by atoms with Gasteiger partial charge in [-0.2, -0.15) is 5.10 Å². The van der Waals surface area contributed by atoms with Crippen molar-refractivity contribution in [2.45, 2.75) is 19.9 Å². The van der Waals surface area contributed by atoms with E-state index in [9.17, 15) is 14.7 Å². The van der Waals surface area contributed by atoms with Crippen molar-refractivity contribution in [2.24, 2.45) is 5.10 Å². The van der Waals surface area contributed by atoms with Crippen LogP contribution in [0.4, 0.5) is 0 Å². The number of ether oxygens (including phenoxy) is 2. The minimum atomic E-state index is -0.624. The van der Waals surface area contributed by atoms with E-state index in [-0.39, 0.29) is 36.0 Å². The summed E-state index contributed by atoms with van der Waals surface area (Å²) in [4.78, 5) is 26.2. The number of aromatic hydroxyl groups is 1. The average Bonchev–Trinajstić information content (AvgIpc) is 2.69. The van der Waals surface area contributed by atoms with Crippen molar-refractivity contribution < 1.29 is 19.4 Å². The van der Waals surface area contributed by atoms with Gasteiger partial charge in [0.15, 0.2) is 11.4 Å². The zero-order valence-electron chi connectivity index (χ0n) is 15.6. The molecule has 1 aromatic carbocycles. The molecular formula is C18H22N4O5S. The number of carbonyl (C=O) groups is 1. The van der Waals surface area contributed by atoms with Gasteiger partial charge in [-0.25, -0.2) is 5.43 Å².